The van der Waals surface area contributed by atoms with E-state index in [1.54, 1.807) is 0 Å². The molecule has 0 amide bonds. The van der Waals surface area contributed by atoms with Crippen LogP contribution in [0.5, 0.6) is 5.75 Å². The summed E-state index contributed by atoms with van der Waals surface area (Å²) in [5, 5.41) is 11.2. The van der Waals surface area contributed by atoms with Gasteiger partial charge in [0.05, 0.1) is 17.6 Å². The Labute approximate surface area is 152 Å². The van der Waals surface area contributed by atoms with Crippen LogP contribution in [0.2, 0.25) is 5.02 Å². The summed E-state index contributed by atoms with van der Waals surface area (Å²) < 4.78 is 7.89. The molecule has 2 aromatic carbocycles. The number of hydrogen-bond acceptors (Lipinski definition) is 3. The minimum absolute atomic E-state index is 0.234. The molecule has 0 radical (unpaired) electrons. The molecule has 0 aliphatic heterocycles. The van der Waals surface area contributed by atoms with E-state index in [2.05, 4.69) is 10.6 Å². The number of para-hydroxylation sites is 2. The highest BCUT2D eigenvalue weighted by Crippen LogP contribution is 2.40. The van der Waals surface area contributed by atoms with Gasteiger partial charge in [-0.05, 0) is 55.7 Å². The van der Waals surface area contributed by atoms with Crippen LogP contribution in [0.3, 0.4) is 0 Å². The number of aromatic nitrogens is 2. The third kappa shape index (κ3) is 3.51. The van der Waals surface area contributed by atoms with Crippen LogP contribution in [0, 0.1) is 6.92 Å². The van der Waals surface area contributed by atoms with Gasteiger partial charge in [0.15, 0.2) is 0 Å². The zero-order chi connectivity index (χ0) is 17.4. The van der Waals surface area contributed by atoms with Crippen molar-refractivity contribution in [3.63, 3.8) is 0 Å². The smallest absolute Gasteiger partial charge is 0.119 e. The average molecular weight is 357 g/mol. The first-order valence-corrected chi connectivity index (χ1v) is 9.02. The molecule has 1 aliphatic rings. The van der Waals surface area contributed by atoms with Crippen LogP contribution < -0.4 is 4.74 Å². The second-order valence-electron chi connectivity index (χ2n) is 6.72. The molecule has 0 bridgehead atoms. The molecule has 1 saturated carbocycles. The van der Waals surface area contributed by atoms with Gasteiger partial charge in [-0.3, -0.25) is 0 Å². The Bertz CT molecular complexity index is 902. The third-order valence-electron chi connectivity index (χ3n) is 4.59. The number of nitrogens with zero attached hydrogens (tertiary/aromatic N) is 2. The summed E-state index contributed by atoms with van der Waals surface area (Å²) in [6.07, 6.45) is 1.76. The van der Waals surface area contributed by atoms with Crippen molar-refractivity contribution in [1.82, 2.24) is 9.55 Å². The van der Waals surface area contributed by atoms with E-state index in [4.69, 9.17) is 21.3 Å². The largest absolute Gasteiger partial charge is 0.491 e. The van der Waals surface area contributed by atoms with E-state index in [1.165, 1.54) is 12.8 Å². The number of benzene rings is 2. The van der Waals surface area contributed by atoms with Gasteiger partial charge in [0.25, 0.3) is 0 Å². The van der Waals surface area contributed by atoms with Gasteiger partial charge in [-0.15, -0.1) is 0 Å². The highest BCUT2D eigenvalue weighted by Gasteiger charge is 2.30. The molecule has 4 nitrogen and oxygen atoms in total. The summed E-state index contributed by atoms with van der Waals surface area (Å²) >= 11 is 6.03. The second-order valence-corrected chi connectivity index (χ2v) is 7.13. The maximum absolute atomic E-state index is 10.5. The number of ether oxygens (including phenoxy) is 1. The summed E-state index contributed by atoms with van der Waals surface area (Å²) in [7, 11) is 0. The highest BCUT2D eigenvalue weighted by atomic mass is 35.5. The lowest BCUT2D eigenvalue weighted by Gasteiger charge is -2.16. The van der Waals surface area contributed by atoms with E-state index in [1.807, 2.05) is 43.3 Å². The topological polar surface area (TPSA) is 47.3 Å². The summed E-state index contributed by atoms with van der Waals surface area (Å²) in [6, 6.07) is 13.6. The van der Waals surface area contributed by atoms with Gasteiger partial charge in [0.2, 0.25) is 0 Å². The van der Waals surface area contributed by atoms with E-state index in [0.717, 1.165) is 28.2 Å². The monoisotopic (exact) mass is 356 g/mol. The van der Waals surface area contributed by atoms with Crippen LogP contribution in [0.25, 0.3) is 11.0 Å². The van der Waals surface area contributed by atoms with Crippen LogP contribution >= 0.6 is 11.6 Å². The number of aliphatic hydroxyl groups excluding tert-OH is 1. The Balaban J connectivity index is 1.48. The van der Waals surface area contributed by atoms with Crippen LogP contribution in [0.1, 0.15) is 30.1 Å². The number of hydrogen-bond donors (Lipinski definition) is 1. The average Bonchev–Trinajstić information content (AvgIpc) is 3.39. The fourth-order valence-corrected chi connectivity index (χ4v) is 3.22. The molecule has 1 aliphatic carbocycles. The first kappa shape index (κ1) is 16.4. The van der Waals surface area contributed by atoms with Crippen LogP contribution in [0.4, 0.5) is 0 Å². The van der Waals surface area contributed by atoms with E-state index < -0.39 is 6.10 Å². The number of halogens is 1. The molecule has 1 unspecified atom stereocenters. The predicted molar refractivity (Wildman–Crippen MR) is 99.4 cm³/mol. The van der Waals surface area contributed by atoms with Crippen LogP contribution in [0.15, 0.2) is 42.5 Å². The summed E-state index contributed by atoms with van der Waals surface area (Å²) in [5.74, 6) is 2.33. The predicted octanol–water partition coefficient (Wildman–Crippen LogP) is 4.32. The van der Waals surface area contributed by atoms with Gasteiger partial charge in [-0.2, -0.15) is 0 Å². The van der Waals surface area contributed by atoms with Crippen LogP contribution in [-0.2, 0) is 6.54 Å². The number of fused-ring (bicyclic) bond motifs is 1. The Morgan fingerprint density at radius 2 is 2.08 bits per heavy atom. The van der Waals surface area contributed by atoms with E-state index >= 15 is 0 Å². The molecule has 5 heteroatoms. The Kier molecular flexibility index (Phi) is 4.40. The van der Waals surface area contributed by atoms with E-state index in [-0.39, 0.29) is 6.61 Å². The molecule has 1 heterocycles. The van der Waals surface area contributed by atoms with Gasteiger partial charge in [0, 0.05) is 10.9 Å². The Hall–Kier alpha value is -2.04. The van der Waals surface area contributed by atoms with E-state index in [9.17, 15) is 5.11 Å². The third-order valence-corrected chi connectivity index (χ3v) is 5.02. The number of rotatable bonds is 6. The normalized spacial score (nSPS) is 15.5. The Morgan fingerprint density at radius 1 is 1.28 bits per heavy atom. The molecule has 1 fully saturated rings. The van der Waals surface area contributed by atoms with Crippen molar-refractivity contribution in [1.29, 1.82) is 0 Å². The number of aliphatic hydroxyl groups is 1. The molecule has 3 aromatic rings. The van der Waals surface area contributed by atoms with Gasteiger partial charge in [-0.1, -0.05) is 23.7 Å². The first-order chi connectivity index (χ1) is 12.1. The SMILES string of the molecule is Cc1cc(OCC(O)Cn2c(C3CC3)nc3ccccc32)ccc1Cl. The molecule has 25 heavy (non-hydrogen) atoms. The molecular weight excluding hydrogens is 336 g/mol. The minimum atomic E-state index is -0.605. The molecule has 0 saturated heterocycles. The fraction of sp³-hybridized carbons (Fsp3) is 0.350. The van der Waals surface area contributed by atoms with Crippen molar-refractivity contribution in [2.75, 3.05) is 6.61 Å². The van der Waals surface area contributed by atoms with Gasteiger partial charge in [0.1, 0.15) is 24.3 Å². The lowest BCUT2D eigenvalue weighted by molar-refractivity contribution is 0.0927. The van der Waals surface area contributed by atoms with Crippen molar-refractivity contribution in [2.24, 2.45) is 0 Å². The molecular formula is C20H21ClN2O2. The minimum Gasteiger partial charge on any atom is -0.491 e. The highest BCUT2D eigenvalue weighted by molar-refractivity contribution is 6.31. The number of aryl methyl sites for hydroxylation is 1. The summed E-state index contributed by atoms with van der Waals surface area (Å²) in [4.78, 5) is 4.76. The van der Waals surface area contributed by atoms with Gasteiger partial charge < -0.3 is 14.4 Å². The lowest BCUT2D eigenvalue weighted by atomic mass is 10.2. The molecule has 130 valence electrons. The summed E-state index contributed by atoms with van der Waals surface area (Å²) in [5.41, 5.74) is 3.03. The van der Waals surface area contributed by atoms with E-state index in [0.29, 0.717) is 17.5 Å². The molecule has 1 atom stereocenters. The van der Waals surface area contributed by atoms with Crippen molar-refractivity contribution in [3.05, 3.63) is 58.9 Å². The standard InChI is InChI=1S/C20H21ClN2O2/c1-13-10-16(8-9-17(13)21)25-12-15(24)11-23-19-5-3-2-4-18(19)22-20(23)14-6-7-14/h2-5,8-10,14-15,24H,6-7,11-12H2,1H3. The van der Waals surface area contributed by atoms with Crippen LogP contribution in [-0.4, -0.2) is 27.4 Å². The second kappa shape index (κ2) is 6.70. The molecule has 1 aromatic heterocycles. The van der Waals surface area contributed by atoms with Crippen molar-refractivity contribution >= 4 is 22.6 Å². The quantitative estimate of drug-likeness (QED) is 0.715. The molecule has 4 rings (SSSR count). The van der Waals surface area contributed by atoms with Gasteiger partial charge in [-0.25, -0.2) is 4.98 Å². The zero-order valence-electron chi connectivity index (χ0n) is 14.2. The van der Waals surface area contributed by atoms with Gasteiger partial charge >= 0.3 is 0 Å². The maximum atomic E-state index is 10.5. The summed E-state index contributed by atoms with van der Waals surface area (Å²) in [6.45, 7) is 2.65. The van der Waals surface area contributed by atoms with Crippen molar-refractivity contribution < 1.29 is 9.84 Å². The van der Waals surface area contributed by atoms with Crippen molar-refractivity contribution in [3.8, 4) is 5.75 Å². The first-order valence-electron chi connectivity index (χ1n) is 8.64. The zero-order valence-corrected chi connectivity index (χ0v) is 14.9. The van der Waals surface area contributed by atoms with Crippen molar-refractivity contribution in [2.45, 2.75) is 38.3 Å². The number of imidazole rings is 1. The maximum Gasteiger partial charge on any atom is 0.119 e. The molecule has 0 spiro atoms. The fourth-order valence-electron chi connectivity index (χ4n) is 3.10. The molecule has 1 N–H and O–H groups in total. The Morgan fingerprint density at radius 3 is 2.84 bits per heavy atom. The lowest BCUT2D eigenvalue weighted by Crippen LogP contribution is -2.24.